The molecule has 3 heterocycles. The summed E-state index contributed by atoms with van der Waals surface area (Å²) >= 11 is 1.82. The van der Waals surface area contributed by atoms with E-state index in [0.29, 0.717) is 6.04 Å². The Labute approximate surface area is 125 Å². The number of hydrogen-bond donors (Lipinski definition) is 0. The molecule has 2 heteroatoms. The molecule has 1 aromatic heterocycles. The molecule has 4 rings (SSSR count). The van der Waals surface area contributed by atoms with E-state index < -0.39 is 0 Å². The van der Waals surface area contributed by atoms with Crippen molar-refractivity contribution in [1.29, 1.82) is 0 Å². The first-order valence-electron chi connectivity index (χ1n) is 7.81. The number of nitrogens with zero attached hydrogens (tertiary/aromatic N) is 1. The van der Waals surface area contributed by atoms with Gasteiger partial charge in [0.05, 0.1) is 0 Å². The van der Waals surface area contributed by atoms with Gasteiger partial charge < -0.3 is 0 Å². The molecule has 0 bridgehead atoms. The van der Waals surface area contributed by atoms with E-state index in [1.165, 1.54) is 54.7 Å². The Morgan fingerprint density at radius 2 is 1.85 bits per heavy atom. The minimum absolute atomic E-state index is 0.678. The number of fused-ring (bicyclic) bond motifs is 1. The molecule has 1 nitrogen and oxygen atoms in total. The van der Waals surface area contributed by atoms with Crippen molar-refractivity contribution in [2.75, 3.05) is 6.54 Å². The van der Waals surface area contributed by atoms with Crippen LogP contribution >= 0.6 is 11.3 Å². The van der Waals surface area contributed by atoms with Crippen LogP contribution in [-0.2, 0) is 0 Å². The molecule has 0 N–H and O–H groups in total. The molecule has 0 saturated carbocycles. The van der Waals surface area contributed by atoms with Crippen molar-refractivity contribution >= 4 is 11.3 Å². The molecule has 1 aromatic carbocycles. The van der Waals surface area contributed by atoms with E-state index in [9.17, 15) is 0 Å². The third kappa shape index (κ3) is 2.21. The lowest BCUT2D eigenvalue weighted by atomic mass is 10.0. The molecule has 2 fully saturated rings. The standard InChI is InChI=1S/C18H21NS/c1-2-12-19-16(4-1)10-11-17(19)14-6-8-15(9-7-14)18-5-3-13-20-18/h3,5-9,13,16-17H,1-2,4,10-12H2/t16-,17-/m1/s1. The Bertz CT molecular complexity index is 558. The van der Waals surface area contributed by atoms with Gasteiger partial charge in [-0.05, 0) is 54.8 Å². The maximum atomic E-state index is 2.77. The fourth-order valence-corrected chi connectivity index (χ4v) is 4.66. The van der Waals surface area contributed by atoms with Gasteiger partial charge in [-0.15, -0.1) is 11.3 Å². The van der Waals surface area contributed by atoms with E-state index in [1.807, 2.05) is 11.3 Å². The minimum Gasteiger partial charge on any atom is -0.293 e. The zero-order valence-corrected chi connectivity index (χ0v) is 12.6. The first-order chi connectivity index (χ1) is 9.92. The van der Waals surface area contributed by atoms with Crippen molar-refractivity contribution in [2.24, 2.45) is 0 Å². The second-order valence-corrected chi connectivity index (χ2v) is 7.03. The largest absolute Gasteiger partial charge is 0.293 e. The van der Waals surface area contributed by atoms with Gasteiger partial charge in [-0.25, -0.2) is 0 Å². The molecular weight excluding hydrogens is 262 g/mol. The quantitative estimate of drug-likeness (QED) is 0.740. The molecule has 0 radical (unpaired) electrons. The summed E-state index contributed by atoms with van der Waals surface area (Å²) in [5.41, 5.74) is 2.88. The molecule has 0 spiro atoms. The smallest absolute Gasteiger partial charge is 0.0351 e. The molecule has 20 heavy (non-hydrogen) atoms. The van der Waals surface area contributed by atoms with Gasteiger partial charge >= 0.3 is 0 Å². The lowest BCUT2D eigenvalue weighted by Gasteiger charge is -2.34. The highest BCUT2D eigenvalue weighted by Crippen LogP contribution is 2.40. The number of benzene rings is 1. The van der Waals surface area contributed by atoms with Gasteiger partial charge in [0.1, 0.15) is 0 Å². The highest BCUT2D eigenvalue weighted by molar-refractivity contribution is 7.13. The van der Waals surface area contributed by atoms with E-state index in [-0.39, 0.29) is 0 Å². The second-order valence-electron chi connectivity index (χ2n) is 6.08. The first-order valence-corrected chi connectivity index (χ1v) is 8.69. The Morgan fingerprint density at radius 3 is 2.65 bits per heavy atom. The molecule has 0 unspecified atom stereocenters. The Hall–Kier alpha value is -1.12. The van der Waals surface area contributed by atoms with E-state index in [2.05, 4.69) is 46.7 Å². The lowest BCUT2D eigenvalue weighted by Crippen LogP contribution is -2.35. The molecule has 2 aliphatic rings. The van der Waals surface area contributed by atoms with Crippen LogP contribution in [0.5, 0.6) is 0 Å². The summed E-state index contributed by atoms with van der Waals surface area (Å²) in [4.78, 5) is 4.14. The van der Waals surface area contributed by atoms with Crippen molar-refractivity contribution in [1.82, 2.24) is 4.90 Å². The van der Waals surface area contributed by atoms with Gasteiger partial charge in [0.25, 0.3) is 0 Å². The SMILES string of the molecule is c1csc(-c2ccc([C@H]3CC[C@H]4CCCCN43)cc2)c1. The third-order valence-corrected chi connectivity index (χ3v) is 5.87. The van der Waals surface area contributed by atoms with Gasteiger partial charge in [0.2, 0.25) is 0 Å². The van der Waals surface area contributed by atoms with Gasteiger partial charge in [-0.1, -0.05) is 36.8 Å². The average Bonchev–Trinajstić information content (AvgIpc) is 3.17. The van der Waals surface area contributed by atoms with Crippen LogP contribution in [0.15, 0.2) is 41.8 Å². The maximum Gasteiger partial charge on any atom is 0.0351 e. The van der Waals surface area contributed by atoms with Crippen LogP contribution in [0, 0.1) is 0 Å². The zero-order chi connectivity index (χ0) is 13.4. The fourth-order valence-electron chi connectivity index (χ4n) is 3.93. The van der Waals surface area contributed by atoms with Crippen molar-refractivity contribution in [3.05, 3.63) is 47.3 Å². The molecule has 104 valence electrons. The Kier molecular flexibility index (Phi) is 3.37. The average molecular weight is 283 g/mol. The lowest BCUT2D eigenvalue weighted by molar-refractivity contribution is 0.150. The molecule has 2 aromatic rings. The summed E-state index contributed by atoms with van der Waals surface area (Å²) in [5, 5.41) is 2.15. The van der Waals surface area contributed by atoms with E-state index >= 15 is 0 Å². The van der Waals surface area contributed by atoms with E-state index in [0.717, 1.165) is 6.04 Å². The number of thiophene rings is 1. The van der Waals surface area contributed by atoms with Gasteiger partial charge in [-0.3, -0.25) is 4.90 Å². The third-order valence-electron chi connectivity index (χ3n) is 4.95. The van der Waals surface area contributed by atoms with Crippen LogP contribution in [0.25, 0.3) is 10.4 Å². The van der Waals surface area contributed by atoms with Crippen molar-refractivity contribution in [2.45, 2.75) is 44.2 Å². The topological polar surface area (TPSA) is 3.24 Å². The fraction of sp³-hybridized carbons (Fsp3) is 0.444. The summed E-state index contributed by atoms with van der Waals surface area (Å²) in [5.74, 6) is 0. The van der Waals surface area contributed by atoms with Crippen molar-refractivity contribution in [3.63, 3.8) is 0 Å². The predicted molar refractivity (Wildman–Crippen MR) is 86.1 cm³/mol. The number of hydrogen-bond acceptors (Lipinski definition) is 2. The van der Waals surface area contributed by atoms with Crippen LogP contribution < -0.4 is 0 Å². The Morgan fingerprint density at radius 1 is 0.950 bits per heavy atom. The number of piperidine rings is 1. The van der Waals surface area contributed by atoms with Crippen LogP contribution in [0.1, 0.15) is 43.7 Å². The zero-order valence-electron chi connectivity index (χ0n) is 11.8. The minimum atomic E-state index is 0.678. The van der Waals surface area contributed by atoms with Crippen molar-refractivity contribution < 1.29 is 0 Å². The predicted octanol–water partition coefficient (Wildman–Crippen LogP) is 5.10. The summed E-state index contributed by atoms with van der Waals surface area (Å²) in [6.45, 7) is 1.31. The van der Waals surface area contributed by atoms with E-state index in [4.69, 9.17) is 0 Å². The summed E-state index contributed by atoms with van der Waals surface area (Å²) in [7, 11) is 0. The first kappa shape index (κ1) is 12.6. The van der Waals surface area contributed by atoms with Gasteiger partial charge in [0, 0.05) is 17.0 Å². The Balaban J connectivity index is 1.57. The molecule has 0 aliphatic carbocycles. The van der Waals surface area contributed by atoms with E-state index in [1.54, 1.807) is 0 Å². The number of rotatable bonds is 2. The molecule has 2 aliphatic heterocycles. The second kappa shape index (κ2) is 5.34. The highest BCUT2D eigenvalue weighted by Gasteiger charge is 2.35. The normalized spacial score (nSPS) is 26.6. The molecule has 0 amide bonds. The maximum absolute atomic E-state index is 2.77. The summed E-state index contributed by atoms with van der Waals surface area (Å²) < 4.78 is 0. The van der Waals surface area contributed by atoms with Gasteiger partial charge in [-0.2, -0.15) is 0 Å². The van der Waals surface area contributed by atoms with Crippen LogP contribution in [-0.4, -0.2) is 17.5 Å². The van der Waals surface area contributed by atoms with Crippen LogP contribution in [0.3, 0.4) is 0 Å². The summed E-state index contributed by atoms with van der Waals surface area (Å²) in [6, 6.07) is 15.2. The molecule has 2 atom stereocenters. The van der Waals surface area contributed by atoms with Gasteiger partial charge in [0.15, 0.2) is 0 Å². The molecule has 2 saturated heterocycles. The highest BCUT2D eigenvalue weighted by atomic mass is 32.1. The summed E-state index contributed by atoms with van der Waals surface area (Å²) in [6.07, 6.45) is 7.00. The monoisotopic (exact) mass is 283 g/mol. The van der Waals surface area contributed by atoms with Crippen molar-refractivity contribution in [3.8, 4) is 10.4 Å². The van der Waals surface area contributed by atoms with Crippen LogP contribution in [0.2, 0.25) is 0 Å². The van der Waals surface area contributed by atoms with Crippen LogP contribution in [0.4, 0.5) is 0 Å². The molecular formula is C18H21NS.